The van der Waals surface area contributed by atoms with E-state index in [1.165, 1.54) is 12.0 Å². The van der Waals surface area contributed by atoms with Crippen molar-refractivity contribution in [1.82, 2.24) is 4.90 Å². The molecule has 2 amide bonds. The minimum absolute atomic E-state index is 0.0378. The summed E-state index contributed by atoms with van der Waals surface area (Å²) in [6, 6.07) is 4.66. The zero-order chi connectivity index (χ0) is 18.0. The molecule has 134 valence electrons. The lowest BCUT2D eigenvalue weighted by Crippen LogP contribution is -2.40. The molecule has 2 aliphatic rings. The zero-order valence-corrected chi connectivity index (χ0v) is 14.9. The molecule has 0 N–H and O–H groups in total. The second kappa shape index (κ2) is 7.44. The Morgan fingerprint density at radius 1 is 1.20 bits per heavy atom. The predicted molar refractivity (Wildman–Crippen MR) is 93.7 cm³/mol. The maximum atomic E-state index is 12.7. The van der Waals surface area contributed by atoms with E-state index in [0.29, 0.717) is 22.8 Å². The van der Waals surface area contributed by atoms with Crippen LogP contribution >= 0.6 is 11.6 Å². The van der Waals surface area contributed by atoms with Gasteiger partial charge in [0.05, 0.1) is 29.3 Å². The van der Waals surface area contributed by atoms with E-state index < -0.39 is 5.97 Å². The number of carbonyl (C=O) groups is 3. The Bertz CT molecular complexity index is 700. The first-order chi connectivity index (χ1) is 12.0. The number of methoxy groups -OCH3 is 1. The maximum absolute atomic E-state index is 12.7. The average molecular weight is 365 g/mol. The average Bonchev–Trinajstić information content (AvgIpc) is 3.03. The van der Waals surface area contributed by atoms with Crippen LogP contribution in [0.4, 0.5) is 5.69 Å². The summed E-state index contributed by atoms with van der Waals surface area (Å²) in [6.45, 7) is 1.82. The Balaban J connectivity index is 1.78. The quantitative estimate of drug-likeness (QED) is 0.773. The molecule has 0 spiro atoms. The molecular weight excluding hydrogens is 344 g/mol. The van der Waals surface area contributed by atoms with E-state index in [4.69, 9.17) is 16.3 Å². The smallest absolute Gasteiger partial charge is 0.337 e. The van der Waals surface area contributed by atoms with Gasteiger partial charge in [-0.25, -0.2) is 4.79 Å². The van der Waals surface area contributed by atoms with Gasteiger partial charge in [-0.15, -0.1) is 0 Å². The van der Waals surface area contributed by atoms with Crippen molar-refractivity contribution in [3.63, 3.8) is 0 Å². The second-order valence-electron chi connectivity index (χ2n) is 6.45. The van der Waals surface area contributed by atoms with Gasteiger partial charge in [-0.05, 0) is 37.5 Å². The van der Waals surface area contributed by atoms with Crippen LogP contribution < -0.4 is 4.90 Å². The maximum Gasteiger partial charge on any atom is 0.337 e. The molecule has 1 atom stereocenters. The number of anilines is 1. The van der Waals surface area contributed by atoms with E-state index in [1.807, 2.05) is 4.90 Å². The van der Waals surface area contributed by atoms with Gasteiger partial charge in [0.1, 0.15) is 0 Å². The van der Waals surface area contributed by atoms with E-state index in [1.54, 1.807) is 18.2 Å². The Morgan fingerprint density at radius 2 is 1.92 bits per heavy atom. The number of ether oxygens (including phenoxy) is 1. The summed E-state index contributed by atoms with van der Waals surface area (Å²) in [7, 11) is 1.30. The van der Waals surface area contributed by atoms with Gasteiger partial charge in [0.15, 0.2) is 0 Å². The zero-order valence-electron chi connectivity index (χ0n) is 14.2. The molecule has 2 saturated heterocycles. The number of piperidine rings is 1. The molecule has 1 unspecified atom stereocenters. The lowest BCUT2D eigenvalue weighted by Gasteiger charge is -2.29. The lowest BCUT2D eigenvalue weighted by atomic mass is 10.0. The number of amides is 2. The summed E-state index contributed by atoms with van der Waals surface area (Å²) in [5, 5.41) is 0.368. The van der Waals surface area contributed by atoms with E-state index in [9.17, 15) is 14.4 Å². The first-order valence-corrected chi connectivity index (χ1v) is 8.86. The molecule has 2 aliphatic heterocycles. The van der Waals surface area contributed by atoms with Crippen LogP contribution in [0.1, 0.15) is 36.0 Å². The van der Waals surface area contributed by atoms with Gasteiger partial charge in [-0.3, -0.25) is 9.59 Å². The van der Waals surface area contributed by atoms with E-state index in [2.05, 4.69) is 0 Å². The Kier molecular flexibility index (Phi) is 5.27. The molecular formula is C18H21ClN2O4. The van der Waals surface area contributed by atoms with Crippen molar-refractivity contribution in [2.24, 2.45) is 5.92 Å². The van der Waals surface area contributed by atoms with E-state index in [0.717, 1.165) is 32.4 Å². The summed E-state index contributed by atoms with van der Waals surface area (Å²) in [4.78, 5) is 40.2. The minimum atomic E-state index is -0.495. The molecule has 3 rings (SSSR count). The van der Waals surface area contributed by atoms with Gasteiger partial charge in [-0.2, -0.15) is 0 Å². The van der Waals surface area contributed by atoms with E-state index in [-0.39, 0.29) is 24.2 Å². The topological polar surface area (TPSA) is 66.9 Å². The highest BCUT2D eigenvalue weighted by molar-refractivity contribution is 6.34. The van der Waals surface area contributed by atoms with Crippen LogP contribution in [0, 0.1) is 5.92 Å². The molecule has 6 nitrogen and oxygen atoms in total. The predicted octanol–water partition coefficient (Wildman–Crippen LogP) is 2.49. The summed E-state index contributed by atoms with van der Waals surface area (Å²) in [6.07, 6.45) is 3.36. The van der Waals surface area contributed by atoms with Gasteiger partial charge in [0.25, 0.3) is 0 Å². The van der Waals surface area contributed by atoms with Crippen LogP contribution in [0.2, 0.25) is 5.02 Å². The van der Waals surface area contributed by atoms with Crippen molar-refractivity contribution in [2.45, 2.75) is 25.7 Å². The first kappa shape index (κ1) is 17.7. The molecule has 0 saturated carbocycles. The third-order valence-corrected chi connectivity index (χ3v) is 5.12. The lowest BCUT2D eigenvalue weighted by molar-refractivity contribution is -0.136. The van der Waals surface area contributed by atoms with Gasteiger partial charge in [-0.1, -0.05) is 11.6 Å². The van der Waals surface area contributed by atoms with Crippen molar-refractivity contribution in [1.29, 1.82) is 0 Å². The van der Waals surface area contributed by atoms with Crippen molar-refractivity contribution < 1.29 is 19.1 Å². The number of rotatable bonds is 3. The van der Waals surface area contributed by atoms with Crippen molar-refractivity contribution in [3.8, 4) is 0 Å². The highest BCUT2D eigenvalue weighted by Gasteiger charge is 2.38. The monoisotopic (exact) mass is 364 g/mol. The van der Waals surface area contributed by atoms with Crippen molar-refractivity contribution >= 4 is 35.1 Å². The number of esters is 1. The van der Waals surface area contributed by atoms with Crippen molar-refractivity contribution in [2.75, 3.05) is 31.6 Å². The van der Waals surface area contributed by atoms with Gasteiger partial charge < -0.3 is 14.5 Å². The summed E-state index contributed by atoms with van der Waals surface area (Å²) >= 11 is 6.22. The van der Waals surface area contributed by atoms with Crippen LogP contribution in [0.5, 0.6) is 0 Å². The standard InChI is InChI=1S/C18H21ClN2O4/c1-25-18(24)12-5-6-14(19)15(9-12)21-11-13(10-16(21)22)17(23)20-7-3-2-4-8-20/h5-6,9,13H,2-4,7-8,10-11H2,1H3. The molecule has 1 aromatic rings. The summed E-state index contributed by atoms with van der Waals surface area (Å²) in [5.41, 5.74) is 0.768. The molecule has 7 heteroatoms. The number of halogens is 1. The number of nitrogens with zero attached hydrogens (tertiary/aromatic N) is 2. The molecule has 2 fully saturated rings. The summed E-state index contributed by atoms with van der Waals surface area (Å²) in [5.74, 6) is -0.968. The van der Waals surface area contributed by atoms with Gasteiger partial charge in [0.2, 0.25) is 11.8 Å². The molecule has 0 aromatic heterocycles. The fraction of sp³-hybridized carbons (Fsp3) is 0.500. The minimum Gasteiger partial charge on any atom is -0.465 e. The van der Waals surface area contributed by atoms with Crippen LogP contribution in [-0.4, -0.2) is 49.4 Å². The highest BCUT2D eigenvalue weighted by atomic mass is 35.5. The van der Waals surface area contributed by atoms with Gasteiger partial charge >= 0.3 is 5.97 Å². The van der Waals surface area contributed by atoms with Crippen LogP contribution in [0.25, 0.3) is 0 Å². The number of likely N-dealkylation sites (tertiary alicyclic amines) is 1. The normalized spacial score (nSPS) is 20.7. The SMILES string of the molecule is COC(=O)c1ccc(Cl)c(N2CC(C(=O)N3CCCCC3)CC2=O)c1. The first-order valence-electron chi connectivity index (χ1n) is 8.48. The molecule has 0 aliphatic carbocycles. The number of hydrogen-bond acceptors (Lipinski definition) is 4. The fourth-order valence-electron chi connectivity index (χ4n) is 3.44. The van der Waals surface area contributed by atoms with Crippen molar-refractivity contribution in [3.05, 3.63) is 28.8 Å². The Labute approximate surface area is 151 Å². The molecule has 0 bridgehead atoms. The Hall–Kier alpha value is -2.08. The third kappa shape index (κ3) is 3.63. The largest absolute Gasteiger partial charge is 0.465 e. The Morgan fingerprint density at radius 3 is 2.60 bits per heavy atom. The van der Waals surface area contributed by atoms with Crippen LogP contribution in [0.15, 0.2) is 18.2 Å². The number of hydrogen-bond donors (Lipinski definition) is 0. The molecule has 2 heterocycles. The number of benzene rings is 1. The number of carbonyl (C=O) groups excluding carboxylic acids is 3. The summed E-state index contributed by atoms with van der Waals surface area (Å²) < 4.78 is 4.71. The van der Waals surface area contributed by atoms with Crippen LogP contribution in [-0.2, 0) is 14.3 Å². The molecule has 25 heavy (non-hydrogen) atoms. The van der Waals surface area contributed by atoms with Gasteiger partial charge in [0, 0.05) is 26.1 Å². The van der Waals surface area contributed by atoms with E-state index >= 15 is 0 Å². The second-order valence-corrected chi connectivity index (χ2v) is 6.86. The fourth-order valence-corrected chi connectivity index (χ4v) is 3.66. The third-order valence-electron chi connectivity index (χ3n) is 4.80. The molecule has 1 aromatic carbocycles. The highest BCUT2D eigenvalue weighted by Crippen LogP contribution is 2.33. The van der Waals surface area contributed by atoms with Crippen LogP contribution in [0.3, 0.4) is 0 Å². The molecule has 0 radical (unpaired) electrons.